The van der Waals surface area contributed by atoms with E-state index in [4.69, 9.17) is 4.74 Å². The van der Waals surface area contributed by atoms with Gasteiger partial charge in [0.2, 0.25) is 0 Å². The predicted molar refractivity (Wildman–Crippen MR) is 73.8 cm³/mol. The van der Waals surface area contributed by atoms with Gasteiger partial charge in [-0.2, -0.15) is 0 Å². The van der Waals surface area contributed by atoms with Crippen LogP contribution in [0.15, 0.2) is 24.3 Å². The van der Waals surface area contributed by atoms with E-state index in [0.29, 0.717) is 5.92 Å². The molecule has 0 heterocycles. The van der Waals surface area contributed by atoms with Crippen molar-refractivity contribution in [1.29, 1.82) is 0 Å². The minimum Gasteiger partial charge on any atom is -0.489 e. The second-order valence-electron chi connectivity index (χ2n) is 4.81. The first-order valence-corrected chi connectivity index (χ1v) is 6.58. The Balaban J connectivity index is 2.67. The third kappa shape index (κ3) is 4.78. The van der Waals surface area contributed by atoms with Crippen molar-refractivity contribution in [3.05, 3.63) is 29.8 Å². The highest BCUT2D eigenvalue weighted by Crippen LogP contribution is 2.21. The molecule has 0 aliphatic carbocycles. The molecule has 0 aromatic heterocycles. The Kier molecular flexibility index (Phi) is 6.06. The van der Waals surface area contributed by atoms with E-state index in [1.807, 2.05) is 13.1 Å². The van der Waals surface area contributed by atoms with Crippen LogP contribution in [-0.4, -0.2) is 19.7 Å². The molecule has 1 aromatic carbocycles. The van der Waals surface area contributed by atoms with Crippen LogP contribution in [-0.2, 0) is 0 Å². The molecule has 0 saturated carbocycles. The van der Waals surface area contributed by atoms with Gasteiger partial charge in [0.15, 0.2) is 0 Å². The van der Waals surface area contributed by atoms with E-state index in [0.717, 1.165) is 25.1 Å². The second-order valence-corrected chi connectivity index (χ2v) is 4.81. The molecule has 1 N–H and O–H groups in total. The first-order chi connectivity index (χ1) is 8.17. The lowest BCUT2D eigenvalue weighted by molar-refractivity contribution is 0.189. The van der Waals surface area contributed by atoms with Crippen LogP contribution in [0.25, 0.3) is 0 Å². The number of ether oxygens (including phenoxy) is 1. The molecule has 2 nitrogen and oxygen atoms in total. The maximum atomic E-state index is 6.02. The number of likely N-dealkylation sites (N-methyl/N-ethyl adjacent to an activating group) is 1. The van der Waals surface area contributed by atoms with E-state index < -0.39 is 0 Å². The molecule has 1 atom stereocenters. The van der Waals surface area contributed by atoms with Gasteiger partial charge in [-0.05, 0) is 37.1 Å². The van der Waals surface area contributed by atoms with Crippen LogP contribution in [0.1, 0.15) is 45.1 Å². The summed E-state index contributed by atoms with van der Waals surface area (Å²) < 4.78 is 6.02. The zero-order valence-corrected chi connectivity index (χ0v) is 11.5. The predicted octanol–water partition coefficient (Wildman–Crippen LogP) is 3.58. The van der Waals surface area contributed by atoms with Gasteiger partial charge in [0.25, 0.3) is 0 Å². The van der Waals surface area contributed by atoms with Crippen LogP contribution in [0.2, 0.25) is 0 Å². The van der Waals surface area contributed by atoms with E-state index >= 15 is 0 Å². The number of hydrogen-bond donors (Lipinski definition) is 1. The van der Waals surface area contributed by atoms with Crippen molar-refractivity contribution in [2.45, 2.75) is 45.6 Å². The summed E-state index contributed by atoms with van der Waals surface area (Å²) in [5, 5.41) is 3.19. The third-order valence-electron chi connectivity index (χ3n) is 2.87. The van der Waals surface area contributed by atoms with Crippen molar-refractivity contribution in [3.8, 4) is 5.75 Å². The average molecular weight is 235 g/mol. The normalized spacial score (nSPS) is 12.8. The fourth-order valence-electron chi connectivity index (χ4n) is 1.89. The molecule has 1 aromatic rings. The summed E-state index contributed by atoms with van der Waals surface area (Å²) in [5.41, 5.74) is 1.34. The van der Waals surface area contributed by atoms with Gasteiger partial charge in [0, 0.05) is 6.54 Å². The number of rotatable bonds is 7. The zero-order chi connectivity index (χ0) is 12.7. The molecule has 17 heavy (non-hydrogen) atoms. The Hall–Kier alpha value is -1.02. The molecular formula is C15H25NO. The first-order valence-electron chi connectivity index (χ1n) is 6.58. The van der Waals surface area contributed by atoms with Crippen LogP contribution in [0.5, 0.6) is 5.75 Å². The van der Waals surface area contributed by atoms with Crippen LogP contribution >= 0.6 is 0 Å². The van der Waals surface area contributed by atoms with E-state index in [9.17, 15) is 0 Å². The number of nitrogens with one attached hydrogen (secondary N) is 1. The van der Waals surface area contributed by atoms with Gasteiger partial charge >= 0.3 is 0 Å². The molecule has 0 aliphatic heterocycles. The van der Waals surface area contributed by atoms with Gasteiger partial charge in [0.05, 0.1) is 0 Å². The summed E-state index contributed by atoms with van der Waals surface area (Å²) in [6.45, 7) is 7.50. The highest BCUT2D eigenvalue weighted by molar-refractivity contribution is 5.30. The zero-order valence-electron chi connectivity index (χ0n) is 11.5. The summed E-state index contributed by atoms with van der Waals surface area (Å²) in [6, 6.07) is 8.44. The molecule has 2 heteroatoms. The quantitative estimate of drug-likeness (QED) is 0.780. The topological polar surface area (TPSA) is 21.3 Å². The van der Waals surface area contributed by atoms with Crippen LogP contribution < -0.4 is 10.1 Å². The van der Waals surface area contributed by atoms with Gasteiger partial charge in [-0.25, -0.2) is 0 Å². The Morgan fingerprint density at radius 3 is 2.65 bits per heavy atom. The molecular weight excluding hydrogens is 210 g/mol. The Morgan fingerprint density at radius 1 is 1.29 bits per heavy atom. The monoisotopic (exact) mass is 235 g/mol. The molecule has 0 amide bonds. The standard InChI is InChI=1S/C15H25NO/c1-5-7-15(11-16-4)17-14-9-6-8-13(10-14)12(2)3/h6,8-10,12,15-16H,5,7,11H2,1-4H3. The van der Waals surface area contributed by atoms with Crippen molar-refractivity contribution < 1.29 is 4.74 Å². The molecule has 0 aliphatic rings. The third-order valence-corrected chi connectivity index (χ3v) is 2.87. The van der Waals surface area contributed by atoms with E-state index in [1.54, 1.807) is 0 Å². The molecule has 0 saturated heterocycles. The van der Waals surface area contributed by atoms with Gasteiger partial charge < -0.3 is 10.1 Å². The number of benzene rings is 1. The lowest BCUT2D eigenvalue weighted by Gasteiger charge is -2.19. The van der Waals surface area contributed by atoms with Crippen LogP contribution in [0, 0.1) is 0 Å². The summed E-state index contributed by atoms with van der Waals surface area (Å²) in [6.07, 6.45) is 2.51. The smallest absolute Gasteiger partial charge is 0.120 e. The van der Waals surface area contributed by atoms with Gasteiger partial charge in [0.1, 0.15) is 11.9 Å². The molecule has 0 spiro atoms. The van der Waals surface area contributed by atoms with E-state index in [-0.39, 0.29) is 6.10 Å². The fourth-order valence-corrected chi connectivity index (χ4v) is 1.89. The van der Waals surface area contributed by atoms with Crippen molar-refractivity contribution in [2.75, 3.05) is 13.6 Å². The Labute approximate surface area is 105 Å². The largest absolute Gasteiger partial charge is 0.489 e. The van der Waals surface area contributed by atoms with E-state index in [2.05, 4.69) is 44.3 Å². The summed E-state index contributed by atoms with van der Waals surface area (Å²) >= 11 is 0. The molecule has 1 unspecified atom stereocenters. The van der Waals surface area contributed by atoms with Crippen molar-refractivity contribution in [1.82, 2.24) is 5.32 Å². The lowest BCUT2D eigenvalue weighted by Crippen LogP contribution is -2.29. The lowest BCUT2D eigenvalue weighted by atomic mass is 10.0. The molecule has 1 rings (SSSR count). The SMILES string of the molecule is CCCC(CNC)Oc1cccc(C(C)C)c1. The highest BCUT2D eigenvalue weighted by Gasteiger charge is 2.09. The van der Waals surface area contributed by atoms with Crippen molar-refractivity contribution >= 4 is 0 Å². The van der Waals surface area contributed by atoms with Crippen molar-refractivity contribution in [3.63, 3.8) is 0 Å². The minimum absolute atomic E-state index is 0.271. The summed E-state index contributed by atoms with van der Waals surface area (Å²) in [5.74, 6) is 1.54. The highest BCUT2D eigenvalue weighted by atomic mass is 16.5. The fraction of sp³-hybridized carbons (Fsp3) is 0.600. The second kappa shape index (κ2) is 7.33. The number of hydrogen-bond acceptors (Lipinski definition) is 2. The average Bonchev–Trinajstić information content (AvgIpc) is 2.30. The van der Waals surface area contributed by atoms with Crippen molar-refractivity contribution in [2.24, 2.45) is 0 Å². The Bertz CT molecular complexity index is 316. The molecule has 96 valence electrons. The summed E-state index contributed by atoms with van der Waals surface area (Å²) in [4.78, 5) is 0. The molecule has 0 bridgehead atoms. The minimum atomic E-state index is 0.271. The van der Waals surface area contributed by atoms with Gasteiger partial charge in [-0.15, -0.1) is 0 Å². The molecule has 0 radical (unpaired) electrons. The van der Waals surface area contributed by atoms with Gasteiger partial charge in [-0.3, -0.25) is 0 Å². The molecule has 0 fully saturated rings. The van der Waals surface area contributed by atoms with Crippen LogP contribution in [0.4, 0.5) is 0 Å². The van der Waals surface area contributed by atoms with E-state index in [1.165, 1.54) is 5.56 Å². The van der Waals surface area contributed by atoms with Gasteiger partial charge in [-0.1, -0.05) is 39.3 Å². The summed E-state index contributed by atoms with van der Waals surface area (Å²) in [7, 11) is 1.97. The maximum absolute atomic E-state index is 6.02. The Morgan fingerprint density at radius 2 is 2.06 bits per heavy atom. The van der Waals surface area contributed by atoms with Crippen LogP contribution in [0.3, 0.4) is 0 Å². The maximum Gasteiger partial charge on any atom is 0.120 e. The first kappa shape index (κ1) is 14.0.